The number of likely N-dealkylation sites (tertiary alicyclic amines) is 1. The number of piperidine rings is 1. The third-order valence-electron chi connectivity index (χ3n) is 5.00. The summed E-state index contributed by atoms with van der Waals surface area (Å²) in [6.45, 7) is 10.0. The van der Waals surface area contributed by atoms with Crippen LogP contribution in [-0.4, -0.2) is 74.9 Å². The molecule has 20 heavy (non-hydrogen) atoms. The SMILES string of the molecule is COC(C)(C)C[C@@H](C)NCC1(N(C)C)CCN(C)CC1. The van der Waals surface area contributed by atoms with Crippen molar-refractivity contribution in [1.29, 1.82) is 0 Å². The van der Waals surface area contributed by atoms with Crippen LogP contribution in [0.5, 0.6) is 0 Å². The van der Waals surface area contributed by atoms with Crippen LogP contribution in [0.15, 0.2) is 0 Å². The number of ether oxygens (including phenoxy) is 1. The van der Waals surface area contributed by atoms with E-state index in [0.717, 1.165) is 13.0 Å². The average Bonchev–Trinajstić information content (AvgIpc) is 2.38. The fourth-order valence-corrected chi connectivity index (χ4v) is 3.07. The van der Waals surface area contributed by atoms with Crippen LogP contribution in [0.25, 0.3) is 0 Å². The van der Waals surface area contributed by atoms with Crippen molar-refractivity contribution in [2.75, 3.05) is 47.9 Å². The van der Waals surface area contributed by atoms with Crippen LogP contribution in [0.1, 0.15) is 40.0 Å². The van der Waals surface area contributed by atoms with Crippen LogP contribution < -0.4 is 5.32 Å². The molecule has 1 aliphatic rings. The average molecular weight is 285 g/mol. The summed E-state index contributed by atoms with van der Waals surface area (Å²) < 4.78 is 5.53. The molecule has 0 aromatic rings. The molecule has 0 aromatic heterocycles. The predicted octanol–water partition coefficient (Wildman–Crippen LogP) is 1.81. The van der Waals surface area contributed by atoms with Crippen molar-refractivity contribution in [2.45, 2.75) is 57.2 Å². The van der Waals surface area contributed by atoms with Gasteiger partial charge in [-0.2, -0.15) is 0 Å². The van der Waals surface area contributed by atoms with Gasteiger partial charge in [-0.3, -0.25) is 0 Å². The summed E-state index contributed by atoms with van der Waals surface area (Å²) >= 11 is 0. The van der Waals surface area contributed by atoms with Crippen molar-refractivity contribution in [3.63, 3.8) is 0 Å². The van der Waals surface area contributed by atoms with E-state index < -0.39 is 0 Å². The molecular weight excluding hydrogens is 250 g/mol. The first-order chi connectivity index (χ1) is 9.21. The van der Waals surface area contributed by atoms with Crippen LogP contribution in [0.4, 0.5) is 0 Å². The van der Waals surface area contributed by atoms with Crippen molar-refractivity contribution in [1.82, 2.24) is 15.1 Å². The zero-order valence-corrected chi connectivity index (χ0v) is 14.6. The second-order valence-corrected chi connectivity index (χ2v) is 7.37. The Morgan fingerprint density at radius 2 is 1.85 bits per heavy atom. The van der Waals surface area contributed by atoms with E-state index in [4.69, 9.17) is 4.74 Å². The maximum atomic E-state index is 5.53. The van der Waals surface area contributed by atoms with Gasteiger partial charge in [-0.25, -0.2) is 0 Å². The third-order valence-corrected chi connectivity index (χ3v) is 5.00. The molecule has 0 unspecified atom stereocenters. The second-order valence-electron chi connectivity index (χ2n) is 7.37. The lowest BCUT2D eigenvalue weighted by Gasteiger charge is -2.46. The quantitative estimate of drug-likeness (QED) is 0.772. The Labute approximate surface area is 125 Å². The summed E-state index contributed by atoms with van der Waals surface area (Å²) in [4.78, 5) is 4.85. The Morgan fingerprint density at radius 1 is 1.30 bits per heavy atom. The number of nitrogens with zero attached hydrogens (tertiary/aromatic N) is 2. The van der Waals surface area contributed by atoms with Crippen molar-refractivity contribution in [2.24, 2.45) is 0 Å². The molecule has 1 atom stereocenters. The molecule has 0 saturated carbocycles. The molecule has 1 saturated heterocycles. The van der Waals surface area contributed by atoms with Crippen LogP contribution >= 0.6 is 0 Å². The van der Waals surface area contributed by atoms with Gasteiger partial charge in [0.15, 0.2) is 0 Å². The Hall–Kier alpha value is -0.160. The summed E-state index contributed by atoms with van der Waals surface area (Å²) in [5, 5.41) is 3.74. The summed E-state index contributed by atoms with van der Waals surface area (Å²) in [7, 11) is 8.45. The molecule has 0 spiro atoms. The highest BCUT2D eigenvalue weighted by Gasteiger charge is 2.36. The van der Waals surface area contributed by atoms with E-state index in [1.54, 1.807) is 7.11 Å². The van der Waals surface area contributed by atoms with Gasteiger partial charge in [0.2, 0.25) is 0 Å². The minimum Gasteiger partial charge on any atom is -0.379 e. The number of hydrogen-bond acceptors (Lipinski definition) is 4. The highest BCUT2D eigenvalue weighted by Crippen LogP contribution is 2.26. The van der Waals surface area contributed by atoms with Gasteiger partial charge in [-0.05, 0) is 74.3 Å². The fraction of sp³-hybridized carbons (Fsp3) is 1.00. The fourth-order valence-electron chi connectivity index (χ4n) is 3.07. The Bertz CT molecular complexity index is 283. The maximum absolute atomic E-state index is 5.53. The normalized spacial score (nSPS) is 22.2. The minimum atomic E-state index is -0.0511. The van der Waals surface area contributed by atoms with E-state index in [0.29, 0.717) is 11.6 Å². The second kappa shape index (κ2) is 7.21. The van der Waals surface area contributed by atoms with Gasteiger partial charge >= 0.3 is 0 Å². The lowest BCUT2D eigenvalue weighted by Crippen LogP contribution is -2.58. The number of methoxy groups -OCH3 is 1. The van der Waals surface area contributed by atoms with Crippen molar-refractivity contribution < 1.29 is 4.74 Å². The molecule has 120 valence electrons. The summed E-state index contributed by atoms with van der Waals surface area (Å²) in [6, 6.07) is 0.474. The van der Waals surface area contributed by atoms with Gasteiger partial charge in [0.1, 0.15) is 0 Å². The highest BCUT2D eigenvalue weighted by molar-refractivity contribution is 4.95. The zero-order chi connectivity index (χ0) is 15.4. The van der Waals surface area contributed by atoms with Gasteiger partial charge < -0.3 is 19.9 Å². The lowest BCUT2D eigenvalue weighted by atomic mass is 9.85. The third kappa shape index (κ3) is 4.99. The van der Waals surface area contributed by atoms with E-state index in [2.05, 4.69) is 57.0 Å². The van der Waals surface area contributed by atoms with Crippen molar-refractivity contribution >= 4 is 0 Å². The molecule has 4 heteroatoms. The first-order valence-electron chi connectivity index (χ1n) is 7.85. The van der Waals surface area contributed by atoms with Crippen LogP contribution in [0, 0.1) is 0 Å². The Balaban J connectivity index is 2.51. The molecule has 0 amide bonds. The minimum absolute atomic E-state index is 0.0511. The van der Waals surface area contributed by atoms with Crippen LogP contribution in [0.3, 0.4) is 0 Å². The van der Waals surface area contributed by atoms with Crippen molar-refractivity contribution in [3.8, 4) is 0 Å². The smallest absolute Gasteiger partial charge is 0.0637 e. The van der Waals surface area contributed by atoms with Gasteiger partial charge in [0, 0.05) is 25.2 Å². The van der Waals surface area contributed by atoms with Crippen LogP contribution in [-0.2, 0) is 4.74 Å². The van der Waals surface area contributed by atoms with Crippen molar-refractivity contribution in [3.05, 3.63) is 0 Å². The number of rotatable bonds is 7. The van der Waals surface area contributed by atoms with Gasteiger partial charge in [0.05, 0.1) is 5.60 Å². The lowest BCUT2D eigenvalue weighted by molar-refractivity contribution is 0.00540. The van der Waals surface area contributed by atoms with Gasteiger partial charge in [0.25, 0.3) is 0 Å². The number of hydrogen-bond donors (Lipinski definition) is 1. The van der Waals surface area contributed by atoms with Crippen LogP contribution in [0.2, 0.25) is 0 Å². The molecule has 0 aliphatic carbocycles. The predicted molar refractivity (Wildman–Crippen MR) is 86.3 cm³/mol. The standard InChI is InChI=1S/C16H35N3O/c1-14(12-15(2,3)20-7)17-13-16(18(4)5)8-10-19(6)11-9-16/h14,17H,8-13H2,1-7H3/t14-/m1/s1. The molecular formula is C16H35N3O. The van der Waals surface area contributed by atoms with E-state index in [9.17, 15) is 0 Å². The Morgan fingerprint density at radius 3 is 2.30 bits per heavy atom. The topological polar surface area (TPSA) is 27.7 Å². The molecule has 0 aromatic carbocycles. The van der Waals surface area contributed by atoms with E-state index >= 15 is 0 Å². The maximum Gasteiger partial charge on any atom is 0.0637 e. The van der Waals surface area contributed by atoms with E-state index in [1.807, 2.05) is 0 Å². The largest absolute Gasteiger partial charge is 0.379 e. The summed E-state index contributed by atoms with van der Waals surface area (Å²) in [5.74, 6) is 0. The Kier molecular flexibility index (Phi) is 6.45. The number of nitrogens with one attached hydrogen (secondary N) is 1. The zero-order valence-electron chi connectivity index (χ0n) is 14.6. The van der Waals surface area contributed by atoms with E-state index in [1.165, 1.54) is 25.9 Å². The van der Waals surface area contributed by atoms with Gasteiger partial charge in [-0.1, -0.05) is 0 Å². The summed E-state index contributed by atoms with van der Waals surface area (Å²) in [6.07, 6.45) is 3.51. The first-order valence-corrected chi connectivity index (χ1v) is 7.85. The summed E-state index contributed by atoms with van der Waals surface area (Å²) in [5.41, 5.74) is 0.252. The highest BCUT2D eigenvalue weighted by atomic mass is 16.5. The molecule has 1 rings (SSSR count). The molecule has 1 fully saturated rings. The van der Waals surface area contributed by atoms with E-state index in [-0.39, 0.29) is 5.60 Å². The molecule has 0 radical (unpaired) electrons. The number of likely N-dealkylation sites (N-methyl/N-ethyl adjacent to an activating group) is 1. The molecule has 1 N–H and O–H groups in total. The monoisotopic (exact) mass is 285 g/mol. The molecule has 4 nitrogen and oxygen atoms in total. The first kappa shape index (κ1) is 17.9. The van der Waals surface area contributed by atoms with Gasteiger partial charge in [-0.15, -0.1) is 0 Å². The molecule has 0 bridgehead atoms. The molecule has 1 aliphatic heterocycles. The molecule has 1 heterocycles.